The second-order valence-electron chi connectivity index (χ2n) is 4.91. The molecule has 1 aromatic carbocycles. The third kappa shape index (κ3) is 3.98. The Bertz CT molecular complexity index is 877. The summed E-state index contributed by atoms with van der Waals surface area (Å²) in [7, 11) is -3.93. The van der Waals surface area contributed by atoms with E-state index in [0.29, 0.717) is 11.1 Å². The highest BCUT2D eigenvalue weighted by molar-refractivity contribution is 7.89. The summed E-state index contributed by atoms with van der Waals surface area (Å²) in [5, 5.41) is 12.5. The number of carbonyl (C=O) groups excluding carboxylic acids is 1. The highest BCUT2D eigenvalue weighted by Crippen LogP contribution is 2.18. The molecule has 2 rings (SSSR count). The first-order chi connectivity index (χ1) is 11.3. The molecule has 0 bridgehead atoms. The molecule has 8 nitrogen and oxygen atoms in total. The number of nitriles is 1. The van der Waals surface area contributed by atoms with Crippen LogP contribution in [0.3, 0.4) is 0 Å². The van der Waals surface area contributed by atoms with Crippen molar-refractivity contribution < 1.29 is 22.5 Å². The molecule has 0 atom stereocenters. The molecule has 126 valence electrons. The van der Waals surface area contributed by atoms with E-state index in [9.17, 15) is 13.2 Å². The van der Waals surface area contributed by atoms with Crippen LogP contribution in [-0.2, 0) is 26.2 Å². The van der Waals surface area contributed by atoms with E-state index in [1.165, 1.54) is 13.8 Å². The molecule has 0 unspecified atom stereocenters. The maximum atomic E-state index is 12.2. The van der Waals surface area contributed by atoms with E-state index in [1.807, 2.05) is 6.07 Å². The van der Waals surface area contributed by atoms with Crippen molar-refractivity contribution in [2.45, 2.75) is 25.3 Å². The minimum Gasteiger partial charge on any atom is -0.460 e. The Hall–Kier alpha value is -2.70. The van der Waals surface area contributed by atoms with Crippen LogP contribution in [0.25, 0.3) is 0 Å². The van der Waals surface area contributed by atoms with Crippen LogP contribution in [0.4, 0.5) is 0 Å². The number of hydrogen-bond donors (Lipinski definition) is 1. The van der Waals surface area contributed by atoms with Gasteiger partial charge in [-0.1, -0.05) is 23.4 Å². The number of esters is 1. The zero-order valence-corrected chi connectivity index (χ0v) is 13.9. The van der Waals surface area contributed by atoms with Gasteiger partial charge in [0.25, 0.3) is 0 Å². The summed E-state index contributed by atoms with van der Waals surface area (Å²) in [6, 6.07) is 8.65. The molecule has 9 heteroatoms. The summed E-state index contributed by atoms with van der Waals surface area (Å²) >= 11 is 0. The zero-order valence-electron chi connectivity index (χ0n) is 13.1. The summed E-state index contributed by atoms with van der Waals surface area (Å²) in [6.45, 7) is 2.30. The lowest BCUT2D eigenvalue weighted by Gasteiger charge is -2.08. The van der Waals surface area contributed by atoms with Crippen LogP contribution in [0.5, 0.6) is 0 Å². The minimum absolute atomic E-state index is 0.0925. The van der Waals surface area contributed by atoms with Gasteiger partial charge in [0.15, 0.2) is 5.76 Å². The van der Waals surface area contributed by atoms with Crippen molar-refractivity contribution in [2.75, 3.05) is 6.54 Å². The van der Waals surface area contributed by atoms with Crippen LogP contribution in [0.1, 0.15) is 22.6 Å². The smallest absolute Gasteiger partial charge is 0.321 e. The molecule has 1 N–H and O–H groups in total. The Labute approximate surface area is 139 Å². The third-order valence-electron chi connectivity index (χ3n) is 3.17. The SMILES string of the molecule is Cc1noc(C)c1S(=O)(=O)NCC(=O)OCc1ccccc1C#N. The van der Waals surface area contributed by atoms with E-state index in [1.54, 1.807) is 24.3 Å². The maximum absolute atomic E-state index is 12.2. The number of benzene rings is 1. The molecule has 2 aromatic rings. The fourth-order valence-electron chi connectivity index (χ4n) is 2.05. The summed E-state index contributed by atoms with van der Waals surface area (Å²) in [5.74, 6) is -0.630. The number of rotatable bonds is 6. The van der Waals surface area contributed by atoms with Crippen LogP contribution in [0, 0.1) is 25.2 Å². The molecule has 0 radical (unpaired) electrons. The van der Waals surface area contributed by atoms with Crippen molar-refractivity contribution in [3.05, 3.63) is 46.8 Å². The zero-order chi connectivity index (χ0) is 17.7. The van der Waals surface area contributed by atoms with Crippen molar-refractivity contribution in [1.82, 2.24) is 9.88 Å². The first kappa shape index (κ1) is 17.7. The number of sulfonamides is 1. The van der Waals surface area contributed by atoms with E-state index >= 15 is 0 Å². The molecule has 0 saturated heterocycles. The van der Waals surface area contributed by atoms with Crippen molar-refractivity contribution in [1.29, 1.82) is 5.26 Å². The Morgan fingerprint density at radius 3 is 2.71 bits per heavy atom. The van der Waals surface area contributed by atoms with Crippen molar-refractivity contribution >= 4 is 16.0 Å². The number of hydrogen-bond acceptors (Lipinski definition) is 7. The lowest BCUT2D eigenvalue weighted by Crippen LogP contribution is -2.31. The Kier molecular flexibility index (Phi) is 5.33. The van der Waals surface area contributed by atoms with Gasteiger partial charge in [0.1, 0.15) is 23.7 Å². The van der Waals surface area contributed by atoms with E-state index in [2.05, 4.69) is 9.88 Å². The van der Waals surface area contributed by atoms with E-state index in [-0.39, 0.29) is 23.0 Å². The lowest BCUT2D eigenvalue weighted by molar-refractivity contribution is -0.143. The molecule has 0 aliphatic rings. The largest absolute Gasteiger partial charge is 0.460 e. The average Bonchev–Trinajstić information content (AvgIpc) is 2.90. The lowest BCUT2D eigenvalue weighted by atomic mass is 10.1. The number of nitrogens with zero attached hydrogens (tertiary/aromatic N) is 2. The summed E-state index contributed by atoms with van der Waals surface area (Å²) in [4.78, 5) is 11.6. The highest BCUT2D eigenvalue weighted by atomic mass is 32.2. The van der Waals surface area contributed by atoms with Crippen molar-refractivity contribution in [2.24, 2.45) is 0 Å². The van der Waals surface area contributed by atoms with Crippen molar-refractivity contribution in [3.63, 3.8) is 0 Å². The molecular weight excluding hydrogens is 334 g/mol. The van der Waals surface area contributed by atoms with Crippen LogP contribution in [0.15, 0.2) is 33.7 Å². The monoisotopic (exact) mass is 349 g/mol. The van der Waals surface area contributed by atoms with E-state index < -0.39 is 22.5 Å². The molecule has 24 heavy (non-hydrogen) atoms. The molecule has 0 saturated carbocycles. The van der Waals surface area contributed by atoms with Crippen LogP contribution in [-0.4, -0.2) is 26.1 Å². The quantitative estimate of drug-likeness (QED) is 0.777. The van der Waals surface area contributed by atoms with E-state index in [4.69, 9.17) is 14.5 Å². The molecule has 1 heterocycles. The number of carbonyl (C=O) groups is 1. The normalized spacial score (nSPS) is 11.0. The number of aryl methyl sites for hydroxylation is 2. The predicted octanol–water partition coefficient (Wildman–Crippen LogP) is 1.18. The topological polar surface area (TPSA) is 122 Å². The van der Waals surface area contributed by atoms with Gasteiger partial charge in [0.05, 0.1) is 11.6 Å². The number of aromatic nitrogens is 1. The first-order valence-corrected chi connectivity index (χ1v) is 8.39. The van der Waals surface area contributed by atoms with E-state index in [0.717, 1.165) is 0 Å². The van der Waals surface area contributed by atoms with Crippen LogP contribution >= 0.6 is 0 Å². The molecule has 0 spiro atoms. The van der Waals surface area contributed by atoms with Gasteiger partial charge in [-0.05, 0) is 19.9 Å². The van der Waals surface area contributed by atoms with Gasteiger partial charge >= 0.3 is 5.97 Å². The third-order valence-corrected chi connectivity index (χ3v) is 4.81. The Morgan fingerprint density at radius 1 is 1.38 bits per heavy atom. The maximum Gasteiger partial charge on any atom is 0.321 e. The average molecular weight is 349 g/mol. The standard InChI is InChI=1S/C15H15N3O5S/c1-10-15(11(2)23-18-10)24(20,21)17-8-14(19)22-9-13-6-4-3-5-12(13)7-16/h3-6,17H,8-9H2,1-2H3. The highest BCUT2D eigenvalue weighted by Gasteiger charge is 2.24. The van der Waals surface area contributed by atoms with Gasteiger partial charge in [0, 0.05) is 5.56 Å². The minimum atomic E-state index is -3.93. The fourth-order valence-corrected chi connectivity index (χ4v) is 3.34. The second kappa shape index (κ2) is 7.25. The predicted molar refractivity (Wildman–Crippen MR) is 82.1 cm³/mol. The van der Waals surface area contributed by atoms with Gasteiger partial charge in [-0.15, -0.1) is 0 Å². The van der Waals surface area contributed by atoms with Gasteiger partial charge in [0.2, 0.25) is 10.0 Å². The first-order valence-electron chi connectivity index (χ1n) is 6.91. The van der Waals surface area contributed by atoms with Gasteiger partial charge < -0.3 is 9.26 Å². The molecule has 0 aliphatic carbocycles. The summed E-state index contributed by atoms with van der Waals surface area (Å²) in [5.41, 5.74) is 1.14. The molecule has 0 aliphatic heterocycles. The summed E-state index contributed by atoms with van der Waals surface area (Å²) in [6.07, 6.45) is 0. The second-order valence-corrected chi connectivity index (χ2v) is 6.61. The van der Waals surface area contributed by atoms with Gasteiger partial charge in [-0.25, -0.2) is 8.42 Å². The van der Waals surface area contributed by atoms with Crippen molar-refractivity contribution in [3.8, 4) is 6.07 Å². The van der Waals surface area contributed by atoms with Crippen LogP contribution in [0.2, 0.25) is 0 Å². The fraction of sp³-hybridized carbons (Fsp3) is 0.267. The molecule has 1 aromatic heterocycles. The van der Waals surface area contributed by atoms with Crippen LogP contribution < -0.4 is 4.72 Å². The Morgan fingerprint density at radius 2 is 2.08 bits per heavy atom. The molecule has 0 amide bonds. The van der Waals surface area contributed by atoms with Gasteiger partial charge in [-0.3, -0.25) is 4.79 Å². The Balaban J connectivity index is 1.95. The molecule has 0 fully saturated rings. The molecular formula is C15H15N3O5S. The number of nitrogens with one attached hydrogen (secondary N) is 1. The summed E-state index contributed by atoms with van der Waals surface area (Å²) < 4.78 is 36.2. The number of ether oxygens (including phenoxy) is 1. The van der Waals surface area contributed by atoms with Gasteiger partial charge in [-0.2, -0.15) is 9.98 Å².